The molecule has 0 unspecified atom stereocenters. The van der Waals surface area contributed by atoms with Crippen LogP contribution >= 0.6 is 0 Å². The van der Waals surface area contributed by atoms with E-state index in [1.54, 1.807) is 5.96 Å². The van der Waals surface area contributed by atoms with Crippen LogP contribution in [0.4, 0.5) is 4.48 Å². The molecule has 0 aromatic heterocycles. The van der Waals surface area contributed by atoms with Crippen LogP contribution in [0.3, 0.4) is 0 Å². The third kappa shape index (κ3) is 479. The Morgan fingerprint density at radius 2 is 1.43 bits per heavy atom. The second-order valence-corrected chi connectivity index (χ2v) is 0.224. The number of hydrogen-bond donors (Lipinski definition) is 1. The molecular formula is H3CuFN2O3. The number of hydrogen-bond acceptors (Lipinski definition) is 3. The predicted octanol–water partition coefficient (Wildman–Crippen LogP) is -1.13. The van der Waals surface area contributed by atoms with Gasteiger partial charge in [0.2, 0.25) is 0 Å². The molecule has 49 valence electrons. The summed E-state index contributed by atoms with van der Waals surface area (Å²) in [6.45, 7) is 0. The van der Waals surface area contributed by atoms with Crippen molar-refractivity contribution in [2.24, 2.45) is 0 Å². The number of nitrogens with zero attached hydrogens (tertiary/aromatic N) is 1. The van der Waals surface area contributed by atoms with Gasteiger partial charge in [-0.2, -0.15) is 5.96 Å². The molecule has 0 heterocycles. The molecule has 7 heteroatoms. The molecule has 0 aromatic rings. The fourth-order valence-corrected chi connectivity index (χ4v) is 0. The molecule has 0 aliphatic carbocycles. The molecule has 0 aromatic carbocycles. The van der Waals surface area contributed by atoms with Crippen molar-refractivity contribution in [1.29, 1.82) is 0 Å². The van der Waals surface area contributed by atoms with Crippen molar-refractivity contribution in [1.82, 2.24) is 0 Å². The second kappa shape index (κ2) is 17.5. The smallest absolute Gasteiger partial charge is 0.0689 e. The SMILES string of the molecule is O=[N+]([O-])[O-].[Cu].[NH3+]F. The van der Waals surface area contributed by atoms with Gasteiger partial charge >= 0.3 is 0 Å². The summed E-state index contributed by atoms with van der Waals surface area (Å²) in [6, 6.07) is 0. The average molecular weight is 162 g/mol. The molecule has 0 fully saturated rings. The largest absolute Gasteiger partial charge is 0.356 e. The third-order valence-corrected chi connectivity index (χ3v) is 0. The van der Waals surface area contributed by atoms with Gasteiger partial charge < -0.3 is 15.3 Å². The summed E-state index contributed by atoms with van der Waals surface area (Å²) in [5.74, 6) is 1.75. The van der Waals surface area contributed by atoms with E-state index < -0.39 is 5.09 Å². The topological polar surface area (TPSA) is 93.8 Å². The van der Waals surface area contributed by atoms with Crippen LogP contribution in [0.2, 0.25) is 0 Å². The first-order chi connectivity index (χ1) is 2.73. The maximum atomic E-state index is 9.25. The summed E-state index contributed by atoms with van der Waals surface area (Å²) in [4.78, 5) is 8.25. The molecule has 0 aliphatic rings. The number of rotatable bonds is 0. The molecule has 0 bridgehead atoms. The Kier molecular flexibility index (Phi) is 39.9. The Morgan fingerprint density at radius 3 is 1.43 bits per heavy atom. The predicted molar refractivity (Wildman–Crippen MR) is 14.4 cm³/mol. The molecule has 5 nitrogen and oxygen atoms in total. The second-order valence-electron chi connectivity index (χ2n) is 0.224. The molecule has 0 aliphatic heterocycles. The van der Waals surface area contributed by atoms with Crippen LogP contribution in [-0.4, -0.2) is 5.09 Å². The fraction of sp³-hybridized carbons (Fsp3) is 0. The van der Waals surface area contributed by atoms with Gasteiger partial charge in [0, 0.05) is 17.1 Å². The van der Waals surface area contributed by atoms with E-state index in [1.165, 1.54) is 0 Å². The van der Waals surface area contributed by atoms with Crippen molar-refractivity contribution in [3.63, 3.8) is 0 Å². The van der Waals surface area contributed by atoms with Crippen LogP contribution < -0.4 is 5.96 Å². The van der Waals surface area contributed by atoms with Gasteiger partial charge in [0.05, 0.1) is 5.09 Å². The van der Waals surface area contributed by atoms with Gasteiger partial charge in [0.25, 0.3) is 0 Å². The molecule has 0 spiro atoms. The first kappa shape index (κ1) is 16.0. The minimum atomic E-state index is -1.75. The third-order valence-electron chi connectivity index (χ3n) is 0. The molecule has 7 heavy (non-hydrogen) atoms. The zero-order valence-corrected chi connectivity index (χ0v) is 4.00. The summed E-state index contributed by atoms with van der Waals surface area (Å²) >= 11 is 0. The Bertz CT molecular complexity index is 35.9. The van der Waals surface area contributed by atoms with E-state index in [0.29, 0.717) is 0 Å². The molecule has 1 radical (unpaired) electrons. The van der Waals surface area contributed by atoms with E-state index in [2.05, 4.69) is 0 Å². The Hall–Kier alpha value is -0.391. The summed E-state index contributed by atoms with van der Waals surface area (Å²) in [5, 5.41) is 14.8. The molecule has 0 saturated carbocycles. The first-order valence-corrected chi connectivity index (χ1v) is 0.815. The maximum Gasteiger partial charge on any atom is 0.0689 e. The Balaban J connectivity index is -0.0000000480. The van der Waals surface area contributed by atoms with Gasteiger partial charge in [-0.1, -0.05) is 0 Å². The van der Waals surface area contributed by atoms with Gasteiger partial charge in [-0.25, -0.2) is 0 Å². The van der Waals surface area contributed by atoms with E-state index in [9.17, 15) is 4.48 Å². The van der Waals surface area contributed by atoms with E-state index in [1.807, 2.05) is 0 Å². The van der Waals surface area contributed by atoms with Crippen LogP contribution in [-0.2, 0) is 17.1 Å². The van der Waals surface area contributed by atoms with Gasteiger partial charge in [0.15, 0.2) is 0 Å². The van der Waals surface area contributed by atoms with Crippen LogP contribution in [0.25, 0.3) is 0 Å². The fourth-order valence-electron chi connectivity index (χ4n) is 0. The normalized spacial score (nSPS) is 4.29. The van der Waals surface area contributed by atoms with Crippen molar-refractivity contribution in [2.75, 3.05) is 0 Å². The van der Waals surface area contributed by atoms with Crippen LogP contribution in [0.5, 0.6) is 0 Å². The van der Waals surface area contributed by atoms with Gasteiger partial charge in [-0.05, 0) is 4.48 Å². The molecule has 0 amide bonds. The summed E-state index contributed by atoms with van der Waals surface area (Å²) in [7, 11) is 0. The molecule has 0 rings (SSSR count). The van der Waals surface area contributed by atoms with Gasteiger partial charge in [-0.15, -0.1) is 0 Å². The number of halogens is 1. The minimum Gasteiger partial charge on any atom is -0.356 e. The van der Waals surface area contributed by atoms with Gasteiger partial charge in [0.1, 0.15) is 0 Å². The minimum absolute atomic E-state index is 0. The number of quaternary nitrogens is 1. The van der Waals surface area contributed by atoms with E-state index >= 15 is 0 Å². The van der Waals surface area contributed by atoms with Crippen molar-refractivity contribution in [3.05, 3.63) is 15.3 Å². The zero-order chi connectivity index (χ0) is 5.58. The van der Waals surface area contributed by atoms with E-state index in [-0.39, 0.29) is 17.1 Å². The quantitative estimate of drug-likeness (QED) is 0.211. The van der Waals surface area contributed by atoms with E-state index in [4.69, 9.17) is 15.3 Å². The van der Waals surface area contributed by atoms with E-state index in [0.717, 1.165) is 0 Å². The Labute approximate surface area is 48.8 Å². The van der Waals surface area contributed by atoms with Crippen LogP contribution in [0, 0.1) is 15.3 Å². The average Bonchev–Trinajstić information content (AvgIpc) is 1.41. The Morgan fingerprint density at radius 1 is 1.43 bits per heavy atom. The zero-order valence-electron chi connectivity index (χ0n) is 3.06. The standard InChI is InChI=1S/Cu.FH3N.NO3/c;1-2;2-1(3)4/h;2H3;/q;+1;-1. The summed E-state index contributed by atoms with van der Waals surface area (Å²) in [6.07, 6.45) is 0. The van der Waals surface area contributed by atoms with Crippen molar-refractivity contribution >= 4 is 0 Å². The van der Waals surface area contributed by atoms with Crippen molar-refractivity contribution < 1.29 is 32.6 Å². The van der Waals surface area contributed by atoms with Crippen LogP contribution in [0.15, 0.2) is 0 Å². The molecule has 0 saturated heterocycles. The summed E-state index contributed by atoms with van der Waals surface area (Å²) in [5.41, 5.74) is 0. The molecule has 0 atom stereocenters. The first-order valence-electron chi connectivity index (χ1n) is 0.815. The molecule has 3 N–H and O–H groups in total. The van der Waals surface area contributed by atoms with Crippen molar-refractivity contribution in [2.45, 2.75) is 0 Å². The van der Waals surface area contributed by atoms with Crippen molar-refractivity contribution in [3.8, 4) is 0 Å². The molecular weight excluding hydrogens is 159 g/mol. The maximum absolute atomic E-state index is 9.25. The van der Waals surface area contributed by atoms with Gasteiger partial charge in [-0.3, -0.25) is 0 Å². The van der Waals surface area contributed by atoms with Crippen LogP contribution in [0.1, 0.15) is 0 Å². The monoisotopic (exact) mass is 161 g/mol. The summed E-state index contributed by atoms with van der Waals surface area (Å²) < 4.78 is 9.25.